The third kappa shape index (κ3) is 4.09. The summed E-state index contributed by atoms with van der Waals surface area (Å²) in [6, 6.07) is 17.1. The average molecular weight is 336 g/mol. The van der Waals surface area contributed by atoms with E-state index in [4.69, 9.17) is 5.11 Å². The first-order valence-electron chi connectivity index (χ1n) is 8.63. The van der Waals surface area contributed by atoms with Crippen LogP contribution in [0.5, 0.6) is 0 Å². The fourth-order valence-electron chi connectivity index (χ4n) is 3.27. The molecule has 1 heterocycles. The van der Waals surface area contributed by atoms with E-state index in [-0.39, 0.29) is 18.6 Å². The van der Waals surface area contributed by atoms with Crippen molar-refractivity contribution in [2.75, 3.05) is 6.61 Å². The molecular weight excluding hydrogens is 312 g/mol. The van der Waals surface area contributed by atoms with Gasteiger partial charge in [-0.15, -0.1) is 0 Å². The number of nitrogens with zero attached hydrogens (tertiary/aromatic N) is 1. The van der Waals surface area contributed by atoms with Gasteiger partial charge < -0.3 is 15.0 Å². The zero-order valence-electron chi connectivity index (χ0n) is 14.7. The maximum atomic E-state index is 11.1. The molecule has 1 amide bonds. The van der Waals surface area contributed by atoms with Crippen molar-refractivity contribution in [2.24, 2.45) is 0 Å². The Labute approximate surface area is 148 Å². The van der Waals surface area contributed by atoms with E-state index in [1.165, 1.54) is 22.1 Å². The van der Waals surface area contributed by atoms with Gasteiger partial charge >= 0.3 is 0 Å². The van der Waals surface area contributed by atoms with Crippen LogP contribution in [-0.4, -0.2) is 28.2 Å². The molecule has 0 aliphatic carbocycles. The second kappa shape index (κ2) is 7.53. The van der Waals surface area contributed by atoms with Crippen molar-refractivity contribution < 1.29 is 9.90 Å². The second-order valence-electron chi connectivity index (χ2n) is 6.51. The summed E-state index contributed by atoms with van der Waals surface area (Å²) < 4.78 is 2.06. The van der Waals surface area contributed by atoms with Crippen molar-refractivity contribution in [1.82, 2.24) is 9.88 Å². The number of rotatable bonds is 6. The molecule has 0 saturated heterocycles. The number of fused-ring (bicyclic) bond motifs is 1. The van der Waals surface area contributed by atoms with E-state index in [0.717, 1.165) is 11.9 Å². The van der Waals surface area contributed by atoms with Crippen LogP contribution in [0.1, 0.15) is 19.4 Å². The number of aromatic nitrogens is 1. The van der Waals surface area contributed by atoms with E-state index in [0.29, 0.717) is 6.54 Å². The number of amides is 1. The third-order valence-electron chi connectivity index (χ3n) is 4.39. The lowest BCUT2D eigenvalue weighted by atomic mass is 10.00. The Hall–Kier alpha value is -2.59. The number of aliphatic hydroxyl groups is 1. The number of nitrogens with one attached hydrogen (secondary N) is 1. The zero-order chi connectivity index (χ0) is 17.8. The fourth-order valence-corrected chi connectivity index (χ4v) is 3.27. The Balaban J connectivity index is 1.77. The molecule has 1 atom stereocenters. The third-order valence-corrected chi connectivity index (χ3v) is 4.39. The van der Waals surface area contributed by atoms with E-state index >= 15 is 0 Å². The molecule has 2 aromatic carbocycles. The minimum Gasteiger partial charge on any atom is -0.395 e. The Bertz CT molecular complexity index is 865. The molecule has 0 bridgehead atoms. The highest BCUT2D eigenvalue weighted by molar-refractivity contribution is 5.85. The van der Waals surface area contributed by atoms with Crippen molar-refractivity contribution in [3.63, 3.8) is 0 Å². The summed E-state index contributed by atoms with van der Waals surface area (Å²) in [6.45, 7) is 4.32. The lowest BCUT2D eigenvalue weighted by Gasteiger charge is -2.13. The Kier molecular flexibility index (Phi) is 5.19. The molecule has 3 aromatic rings. The normalized spacial score (nSPS) is 12.3. The minimum atomic E-state index is 0.00515. The highest BCUT2D eigenvalue weighted by Gasteiger charge is 2.07. The first-order valence-corrected chi connectivity index (χ1v) is 8.63. The predicted octanol–water partition coefficient (Wildman–Crippen LogP) is 3.37. The standard InChI is InChI=1S/C21H24N2O2/c1-15(22-16(2)25)13-17-3-5-18(6-4-17)19-7-8-21-20(14-19)9-10-23(21)11-12-24/h3-10,14-15,24H,11-13H2,1-2H3,(H,22,25). The van der Waals surface area contributed by atoms with Crippen LogP contribution in [0.3, 0.4) is 0 Å². The van der Waals surface area contributed by atoms with E-state index < -0.39 is 0 Å². The summed E-state index contributed by atoms with van der Waals surface area (Å²) in [5.41, 5.74) is 4.70. The molecule has 0 saturated carbocycles. The number of benzene rings is 2. The van der Waals surface area contributed by atoms with Crippen LogP contribution in [0.15, 0.2) is 54.7 Å². The van der Waals surface area contributed by atoms with Gasteiger partial charge in [0.2, 0.25) is 5.91 Å². The Morgan fingerprint density at radius 1 is 1.12 bits per heavy atom. The van der Waals surface area contributed by atoms with Gasteiger partial charge in [0.05, 0.1) is 6.61 Å². The molecule has 0 aliphatic heterocycles. The van der Waals surface area contributed by atoms with Gasteiger partial charge in [-0.1, -0.05) is 30.3 Å². The number of hydrogen-bond acceptors (Lipinski definition) is 2. The molecule has 0 fully saturated rings. The van der Waals surface area contributed by atoms with Gasteiger partial charge in [-0.2, -0.15) is 0 Å². The topological polar surface area (TPSA) is 54.3 Å². The summed E-state index contributed by atoms with van der Waals surface area (Å²) in [4.78, 5) is 11.1. The maximum Gasteiger partial charge on any atom is 0.217 e. The molecule has 3 rings (SSSR count). The summed E-state index contributed by atoms with van der Waals surface area (Å²) in [7, 11) is 0. The zero-order valence-corrected chi connectivity index (χ0v) is 14.7. The second-order valence-corrected chi connectivity index (χ2v) is 6.51. The SMILES string of the molecule is CC(=O)NC(C)Cc1ccc(-c2ccc3c(ccn3CCO)c2)cc1. The van der Waals surface area contributed by atoms with Gasteiger partial charge in [-0.3, -0.25) is 4.79 Å². The van der Waals surface area contributed by atoms with Crippen molar-refractivity contribution in [2.45, 2.75) is 32.9 Å². The van der Waals surface area contributed by atoms with Crippen LogP contribution in [0.25, 0.3) is 22.0 Å². The van der Waals surface area contributed by atoms with E-state index in [2.05, 4.69) is 58.4 Å². The molecule has 0 aliphatic rings. The molecular formula is C21H24N2O2. The van der Waals surface area contributed by atoms with E-state index in [1.54, 1.807) is 6.92 Å². The molecule has 1 unspecified atom stereocenters. The van der Waals surface area contributed by atoms with Crippen molar-refractivity contribution in [3.05, 3.63) is 60.3 Å². The smallest absolute Gasteiger partial charge is 0.217 e. The summed E-state index contributed by atoms with van der Waals surface area (Å²) in [5.74, 6) is 0.00515. The van der Waals surface area contributed by atoms with Crippen LogP contribution >= 0.6 is 0 Å². The summed E-state index contributed by atoms with van der Waals surface area (Å²) >= 11 is 0. The largest absolute Gasteiger partial charge is 0.395 e. The van der Waals surface area contributed by atoms with E-state index in [9.17, 15) is 4.79 Å². The average Bonchev–Trinajstić information content (AvgIpc) is 2.97. The van der Waals surface area contributed by atoms with Crippen LogP contribution in [0, 0.1) is 0 Å². The van der Waals surface area contributed by atoms with Gasteiger partial charge in [0.25, 0.3) is 0 Å². The van der Waals surface area contributed by atoms with Gasteiger partial charge in [0.15, 0.2) is 0 Å². The number of carbonyl (C=O) groups is 1. The number of hydrogen-bond donors (Lipinski definition) is 2. The quantitative estimate of drug-likeness (QED) is 0.725. The molecule has 4 nitrogen and oxygen atoms in total. The first-order chi connectivity index (χ1) is 12.1. The summed E-state index contributed by atoms with van der Waals surface area (Å²) in [6.07, 6.45) is 2.83. The molecule has 2 N–H and O–H groups in total. The first kappa shape index (κ1) is 17.2. The van der Waals surface area contributed by atoms with E-state index in [1.807, 2.05) is 13.1 Å². The molecule has 0 radical (unpaired) electrons. The maximum absolute atomic E-state index is 11.1. The lowest BCUT2D eigenvalue weighted by molar-refractivity contribution is -0.119. The molecule has 0 spiro atoms. The van der Waals surface area contributed by atoms with Crippen LogP contribution < -0.4 is 5.32 Å². The number of aliphatic hydroxyl groups excluding tert-OH is 1. The molecule has 4 heteroatoms. The fraction of sp³-hybridized carbons (Fsp3) is 0.286. The summed E-state index contributed by atoms with van der Waals surface area (Å²) in [5, 5.41) is 13.2. The van der Waals surface area contributed by atoms with Gasteiger partial charge in [0.1, 0.15) is 0 Å². The van der Waals surface area contributed by atoms with Gasteiger partial charge in [-0.05, 0) is 48.2 Å². The lowest BCUT2D eigenvalue weighted by Crippen LogP contribution is -2.31. The van der Waals surface area contributed by atoms with Crippen molar-refractivity contribution in [3.8, 4) is 11.1 Å². The minimum absolute atomic E-state index is 0.00515. The van der Waals surface area contributed by atoms with Crippen LogP contribution in [0.4, 0.5) is 0 Å². The molecule has 130 valence electrons. The van der Waals surface area contributed by atoms with Gasteiger partial charge in [-0.25, -0.2) is 0 Å². The molecule has 25 heavy (non-hydrogen) atoms. The van der Waals surface area contributed by atoms with Gasteiger partial charge in [0, 0.05) is 36.6 Å². The Morgan fingerprint density at radius 2 is 1.84 bits per heavy atom. The molecule has 1 aromatic heterocycles. The highest BCUT2D eigenvalue weighted by Crippen LogP contribution is 2.25. The Morgan fingerprint density at radius 3 is 2.52 bits per heavy atom. The highest BCUT2D eigenvalue weighted by atomic mass is 16.3. The van der Waals surface area contributed by atoms with Crippen molar-refractivity contribution in [1.29, 1.82) is 0 Å². The van der Waals surface area contributed by atoms with Crippen molar-refractivity contribution >= 4 is 16.8 Å². The van der Waals surface area contributed by atoms with Crippen LogP contribution in [0.2, 0.25) is 0 Å². The number of carbonyl (C=O) groups excluding carboxylic acids is 1. The predicted molar refractivity (Wildman–Crippen MR) is 101 cm³/mol. The monoisotopic (exact) mass is 336 g/mol. The van der Waals surface area contributed by atoms with Crippen LogP contribution in [-0.2, 0) is 17.8 Å².